The molecule has 3 aromatic rings. The molecule has 0 radical (unpaired) electrons. The summed E-state index contributed by atoms with van der Waals surface area (Å²) in [6, 6.07) is 5.72. The number of benzene rings is 1. The molecule has 0 saturated carbocycles. The Morgan fingerprint density at radius 3 is 2.33 bits per heavy atom. The molecule has 0 unspecified atom stereocenters. The zero-order chi connectivity index (χ0) is 15.0. The average Bonchev–Trinajstić information content (AvgIpc) is 2.45. The normalized spacial score (nSPS) is 11.8. The number of fused-ring (bicyclic) bond motifs is 1. The standard InChI is InChI=1S/C15H16N6/c1-15(2,3)13-19-12(20-14(16)21-13)9-4-5-10-11(8-9)18-7-6-17-10/h4-8H,1-3H3,(H2,16,19,20,21). The van der Waals surface area contributed by atoms with Crippen LogP contribution in [0.25, 0.3) is 22.4 Å². The van der Waals surface area contributed by atoms with Crippen molar-refractivity contribution in [1.82, 2.24) is 24.9 Å². The van der Waals surface area contributed by atoms with Crippen molar-refractivity contribution in [3.8, 4) is 11.4 Å². The predicted octanol–water partition coefficient (Wildman–Crippen LogP) is 2.36. The number of nitrogens with two attached hydrogens (primary N) is 1. The van der Waals surface area contributed by atoms with Gasteiger partial charge in [-0.3, -0.25) is 9.97 Å². The lowest BCUT2D eigenvalue weighted by Gasteiger charge is -2.17. The molecule has 106 valence electrons. The van der Waals surface area contributed by atoms with Gasteiger partial charge in [-0.05, 0) is 18.2 Å². The second-order valence-electron chi connectivity index (χ2n) is 5.85. The minimum atomic E-state index is -0.192. The lowest BCUT2D eigenvalue weighted by Crippen LogP contribution is -2.18. The summed E-state index contributed by atoms with van der Waals surface area (Å²) < 4.78 is 0. The average molecular weight is 280 g/mol. The van der Waals surface area contributed by atoms with E-state index in [0.717, 1.165) is 16.6 Å². The van der Waals surface area contributed by atoms with Gasteiger partial charge in [0.15, 0.2) is 5.82 Å². The van der Waals surface area contributed by atoms with Crippen molar-refractivity contribution >= 4 is 17.0 Å². The van der Waals surface area contributed by atoms with Gasteiger partial charge in [-0.1, -0.05) is 20.8 Å². The van der Waals surface area contributed by atoms with Crippen LogP contribution in [0.3, 0.4) is 0 Å². The van der Waals surface area contributed by atoms with Crippen LogP contribution in [-0.2, 0) is 5.41 Å². The number of nitrogens with zero attached hydrogens (tertiary/aromatic N) is 5. The number of anilines is 1. The summed E-state index contributed by atoms with van der Waals surface area (Å²) >= 11 is 0. The predicted molar refractivity (Wildman–Crippen MR) is 81.5 cm³/mol. The molecule has 0 amide bonds. The highest BCUT2D eigenvalue weighted by Gasteiger charge is 2.19. The van der Waals surface area contributed by atoms with Crippen molar-refractivity contribution in [2.24, 2.45) is 0 Å². The Bertz CT molecular complexity index is 807. The third kappa shape index (κ3) is 2.65. The Balaban J connectivity index is 2.16. The molecule has 0 saturated heterocycles. The van der Waals surface area contributed by atoms with Gasteiger partial charge in [0.05, 0.1) is 11.0 Å². The molecule has 3 rings (SSSR count). The first kappa shape index (κ1) is 13.4. The smallest absolute Gasteiger partial charge is 0.223 e. The van der Waals surface area contributed by atoms with E-state index in [1.54, 1.807) is 12.4 Å². The first-order chi connectivity index (χ1) is 9.93. The highest BCUT2D eigenvalue weighted by Crippen LogP contribution is 2.24. The third-order valence-electron chi connectivity index (χ3n) is 3.05. The summed E-state index contributed by atoms with van der Waals surface area (Å²) in [4.78, 5) is 21.5. The molecular weight excluding hydrogens is 264 g/mol. The van der Waals surface area contributed by atoms with Gasteiger partial charge in [-0.15, -0.1) is 0 Å². The minimum absolute atomic E-state index is 0.192. The highest BCUT2D eigenvalue weighted by molar-refractivity contribution is 5.79. The second-order valence-corrected chi connectivity index (χ2v) is 5.85. The highest BCUT2D eigenvalue weighted by atomic mass is 15.1. The van der Waals surface area contributed by atoms with Gasteiger partial charge in [0, 0.05) is 23.4 Å². The summed E-state index contributed by atoms with van der Waals surface area (Å²) in [6.07, 6.45) is 3.33. The SMILES string of the molecule is CC(C)(C)c1nc(N)nc(-c2ccc3nccnc3c2)n1. The summed E-state index contributed by atoms with van der Waals surface area (Å²) in [5.74, 6) is 1.45. The van der Waals surface area contributed by atoms with Gasteiger partial charge in [-0.2, -0.15) is 9.97 Å². The summed E-state index contributed by atoms with van der Waals surface area (Å²) in [7, 11) is 0. The Morgan fingerprint density at radius 2 is 1.62 bits per heavy atom. The van der Waals surface area contributed by atoms with E-state index >= 15 is 0 Å². The van der Waals surface area contributed by atoms with Crippen LogP contribution in [0.15, 0.2) is 30.6 Å². The maximum atomic E-state index is 5.82. The van der Waals surface area contributed by atoms with Gasteiger partial charge in [0.1, 0.15) is 5.82 Å². The Labute approximate surface area is 122 Å². The van der Waals surface area contributed by atoms with Gasteiger partial charge in [0.25, 0.3) is 0 Å². The Morgan fingerprint density at radius 1 is 0.905 bits per heavy atom. The van der Waals surface area contributed by atoms with Crippen LogP contribution in [0.1, 0.15) is 26.6 Å². The van der Waals surface area contributed by atoms with Crippen LogP contribution in [0.4, 0.5) is 5.95 Å². The topological polar surface area (TPSA) is 90.5 Å². The molecular formula is C15H16N6. The maximum Gasteiger partial charge on any atom is 0.223 e. The van der Waals surface area contributed by atoms with Crippen LogP contribution in [0.2, 0.25) is 0 Å². The molecule has 6 nitrogen and oxygen atoms in total. The largest absolute Gasteiger partial charge is 0.368 e. The minimum Gasteiger partial charge on any atom is -0.368 e. The van der Waals surface area contributed by atoms with Gasteiger partial charge < -0.3 is 5.73 Å². The number of rotatable bonds is 1. The van der Waals surface area contributed by atoms with E-state index in [4.69, 9.17) is 5.73 Å². The quantitative estimate of drug-likeness (QED) is 0.735. The lowest BCUT2D eigenvalue weighted by atomic mass is 9.96. The Hall–Kier alpha value is -2.63. The fraction of sp³-hybridized carbons (Fsp3) is 0.267. The monoisotopic (exact) mass is 280 g/mol. The van der Waals surface area contributed by atoms with Crippen molar-refractivity contribution in [2.75, 3.05) is 5.73 Å². The van der Waals surface area contributed by atoms with Crippen LogP contribution in [0.5, 0.6) is 0 Å². The van der Waals surface area contributed by atoms with Crippen molar-refractivity contribution < 1.29 is 0 Å². The van der Waals surface area contributed by atoms with E-state index in [1.165, 1.54) is 0 Å². The second kappa shape index (κ2) is 4.73. The Kier molecular flexibility index (Phi) is 3.01. The maximum absolute atomic E-state index is 5.82. The van der Waals surface area contributed by atoms with Crippen LogP contribution in [0, 0.1) is 0 Å². The molecule has 0 fully saturated rings. The van der Waals surface area contributed by atoms with Crippen LogP contribution < -0.4 is 5.73 Å². The lowest BCUT2D eigenvalue weighted by molar-refractivity contribution is 0.544. The summed E-state index contributed by atoms with van der Waals surface area (Å²) in [6.45, 7) is 6.12. The van der Waals surface area contributed by atoms with Crippen LogP contribution in [-0.4, -0.2) is 24.9 Å². The zero-order valence-electron chi connectivity index (χ0n) is 12.2. The molecule has 21 heavy (non-hydrogen) atoms. The molecule has 0 atom stereocenters. The van der Waals surface area contributed by atoms with E-state index in [9.17, 15) is 0 Å². The summed E-state index contributed by atoms with van der Waals surface area (Å²) in [5.41, 5.74) is 8.10. The van der Waals surface area contributed by atoms with Crippen molar-refractivity contribution in [3.63, 3.8) is 0 Å². The number of hydrogen-bond acceptors (Lipinski definition) is 6. The van der Waals surface area contributed by atoms with Crippen LogP contribution >= 0.6 is 0 Å². The molecule has 2 aromatic heterocycles. The van der Waals surface area contributed by atoms with E-state index < -0.39 is 0 Å². The summed E-state index contributed by atoms with van der Waals surface area (Å²) in [5, 5.41) is 0. The molecule has 0 aliphatic rings. The third-order valence-corrected chi connectivity index (χ3v) is 3.05. The first-order valence-corrected chi connectivity index (χ1v) is 6.67. The molecule has 0 aliphatic carbocycles. The number of hydrogen-bond donors (Lipinski definition) is 1. The zero-order valence-corrected chi connectivity index (χ0v) is 12.2. The van der Waals surface area contributed by atoms with Crippen molar-refractivity contribution in [2.45, 2.75) is 26.2 Å². The molecule has 0 bridgehead atoms. The first-order valence-electron chi connectivity index (χ1n) is 6.67. The molecule has 6 heteroatoms. The van der Waals surface area contributed by atoms with E-state index in [1.807, 2.05) is 39.0 Å². The van der Waals surface area contributed by atoms with Crippen molar-refractivity contribution in [1.29, 1.82) is 0 Å². The van der Waals surface area contributed by atoms with E-state index in [-0.39, 0.29) is 11.4 Å². The van der Waals surface area contributed by atoms with Crippen molar-refractivity contribution in [3.05, 3.63) is 36.4 Å². The molecule has 2 N–H and O–H groups in total. The van der Waals surface area contributed by atoms with E-state index in [2.05, 4.69) is 24.9 Å². The fourth-order valence-electron chi connectivity index (χ4n) is 1.96. The number of nitrogen functional groups attached to an aromatic ring is 1. The molecule has 0 spiro atoms. The number of aromatic nitrogens is 5. The fourth-order valence-corrected chi connectivity index (χ4v) is 1.96. The van der Waals surface area contributed by atoms with Gasteiger partial charge in [0.2, 0.25) is 5.95 Å². The van der Waals surface area contributed by atoms with Gasteiger partial charge in [-0.25, -0.2) is 4.98 Å². The molecule has 2 heterocycles. The molecule has 0 aliphatic heterocycles. The molecule has 1 aromatic carbocycles. The van der Waals surface area contributed by atoms with Gasteiger partial charge >= 0.3 is 0 Å². The van der Waals surface area contributed by atoms with E-state index in [0.29, 0.717) is 11.6 Å².